The summed E-state index contributed by atoms with van der Waals surface area (Å²) in [6, 6.07) is 5.89. The van der Waals surface area contributed by atoms with Gasteiger partial charge in [0, 0.05) is 30.4 Å². The van der Waals surface area contributed by atoms with Crippen molar-refractivity contribution in [3.63, 3.8) is 0 Å². The van der Waals surface area contributed by atoms with Crippen molar-refractivity contribution in [2.24, 2.45) is 5.92 Å². The Morgan fingerprint density at radius 3 is 2.52 bits per heavy atom. The maximum Gasteiger partial charge on any atom is 0.417 e. The van der Waals surface area contributed by atoms with Crippen molar-refractivity contribution in [2.45, 2.75) is 19.0 Å². The van der Waals surface area contributed by atoms with E-state index in [0.717, 1.165) is 18.3 Å². The van der Waals surface area contributed by atoms with Crippen LogP contribution >= 0.6 is 11.6 Å². The highest BCUT2D eigenvalue weighted by molar-refractivity contribution is 6.31. The molecule has 1 fully saturated rings. The van der Waals surface area contributed by atoms with E-state index in [9.17, 15) is 32.9 Å². The second-order valence-corrected chi connectivity index (χ2v) is 7.68. The summed E-state index contributed by atoms with van der Waals surface area (Å²) >= 11 is 5.80. The molecule has 0 bridgehead atoms. The van der Waals surface area contributed by atoms with Crippen LogP contribution in [-0.4, -0.2) is 41.5 Å². The first-order chi connectivity index (χ1) is 15.5. The van der Waals surface area contributed by atoms with Gasteiger partial charge in [0.05, 0.1) is 16.4 Å². The summed E-state index contributed by atoms with van der Waals surface area (Å²) in [4.78, 5) is 40.3. The van der Waals surface area contributed by atoms with Gasteiger partial charge in [-0.3, -0.25) is 19.7 Å². The zero-order valence-electron chi connectivity index (χ0n) is 17.0. The van der Waals surface area contributed by atoms with E-state index in [1.807, 2.05) is 0 Å². The number of amides is 1. The lowest BCUT2D eigenvalue weighted by molar-refractivity contribution is -0.383. The lowest BCUT2D eigenvalue weighted by Crippen LogP contribution is -2.38. The number of halogens is 4. The van der Waals surface area contributed by atoms with Gasteiger partial charge in [-0.05, 0) is 37.1 Å². The smallest absolute Gasteiger partial charge is 0.417 e. The van der Waals surface area contributed by atoms with Crippen LogP contribution in [0.15, 0.2) is 36.5 Å². The van der Waals surface area contributed by atoms with Crippen molar-refractivity contribution < 1.29 is 32.4 Å². The molecule has 1 aromatic carbocycles. The molecule has 2 heterocycles. The quantitative estimate of drug-likeness (QED) is 0.372. The molecule has 1 aromatic heterocycles. The second kappa shape index (κ2) is 10.0. The number of carbonyl (C=O) groups is 2. The van der Waals surface area contributed by atoms with Crippen molar-refractivity contribution in [2.75, 3.05) is 29.9 Å². The predicted octanol–water partition coefficient (Wildman–Crippen LogP) is 4.06. The maximum absolute atomic E-state index is 12.7. The van der Waals surface area contributed by atoms with E-state index in [1.54, 1.807) is 4.90 Å². The molecule has 176 valence electrons. The Hall–Kier alpha value is -3.41. The summed E-state index contributed by atoms with van der Waals surface area (Å²) in [5, 5.41) is 13.5. The van der Waals surface area contributed by atoms with Gasteiger partial charge in [0.25, 0.3) is 11.6 Å². The molecule has 0 aliphatic carbocycles. The number of ether oxygens (including phenoxy) is 1. The minimum absolute atomic E-state index is 0.120. The summed E-state index contributed by atoms with van der Waals surface area (Å²) in [6.07, 6.45) is -2.98. The lowest BCUT2D eigenvalue weighted by atomic mass is 9.97. The minimum atomic E-state index is -4.47. The highest BCUT2D eigenvalue weighted by atomic mass is 35.5. The number of hydrogen-bond donors (Lipinski definition) is 1. The van der Waals surface area contributed by atoms with Gasteiger partial charge < -0.3 is 15.0 Å². The molecular formula is C20H18ClF3N4O5. The standard InChI is InChI=1S/C20H18ClF3N4O5/c21-14-2-3-16(28(31)32)15(9-14)26-18(29)11-33-19(30)12-5-7-27(8-6-12)17-4-1-13(10-25-17)20(22,23)24/h1-4,9-10,12H,5-8,11H2,(H,26,29). The number of nitro groups is 1. The normalized spacial score (nSPS) is 14.6. The van der Waals surface area contributed by atoms with Gasteiger partial charge in [0.2, 0.25) is 0 Å². The molecule has 33 heavy (non-hydrogen) atoms. The van der Waals surface area contributed by atoms with Gasteiger partial charge in [-0.25, -0.2) is 4.98 Å². The Balaban J connectivity index is 1.48. The molecule has 1 amide bonds. The molecule has 0 spiro atoms. The minimum Gasteiger partial charge on any atom is -0.455 e. The van der Waals surface area contributed by atoms with E-state index in [0.29, 0.717) is 31.7 Å². The van der Waals surface area contributed by atoms with Crippen molar-refractivity contribution in [1.82, 2.24) is 4.98 Å². The molecule has 9 nitrogen and oxygen atoms in total. The number of nitrogens with one attached hydrogen (secondary N) is 1. The monoisotopic (exact) mass is 486 g/mol. The fraction of sp³-hybridized carbons (Fsp3) is 0.350. The number of benzene rings is 1. The fourth-order valence-corrected chi connectivity index (χ4v) is 3.47. The predicted molar refractivity (Wildman–Crippen MR) is 112 cm³/mol. The first kappa shape index (κ1) is 24.2. The van der Waals surface area contributed by atoms with Crippen LogP contribution in [0.1, 0.15) is 18.4 Å². The van der Waals surface area contributed by atoms with Gasteiger partial charge in [-0.2, -0.15) is 13.2 Å². The molecule has 1 aliphatic rings. The summed E-state index contributed by atoms with van der Waals surface area (Å²) in [5.74, 6) is -1.49. The van der Waals surface area contributed by atoms with E-state index in [1.165, 1.54) is 18.2 Å². The Labute approximate surface area is 190 Å². The molecule has 1 saturated heterocycles. The molecule has 0 saturated carbocycles. The molecule has 3 rings (SSSR count). The zero-order chi connectivity index (χ0) is 24.2. The first-order valence-corrected chi connectivity index (χ1v) is 10.1. The third-order valence-electron chi connectivity index (χ3n) is 5.00. The molecule has 0 atom stereocenters. The number of pyridine rings is 1. The van der Waals surface area contributed by atoms with E-state index < -0.39 is 41.1 Å². The van der Waals surface area contributed by atoms with Gasteiger partial charge in [0.15, 0.2) is 6.61 Å². The third-order valence-corrected chi connectivity index (χ3v) is 5.24. The molecule has 0 unspecified atom stereocenters. The van der Waals surface area contributed by atoms with Crippen LogP contribution in [0.3, 0.4) is 0 Å². The number of carbonyl (C=O) groups excluding carboxylic acids is 2. The molecule has 1 N–H and O–H groups in total. The van der Waals surface area contributed by atoms with Crippen LogP contribution in [0.4, 0.5) is 30.4 Å². The van der Waals surface area contributed by atoms with Gasteiger partial charge >= 0.3 is 12.1 Å². The number of esters is 1. The van der Waals surface area contributed by atoms with Crippen LogP contribution in [0.25, 0.3) is 0 Å². The summed E-state index contributed by atoms with van der Waals surface area (Å²) in [5.41, 5.74) is -1.32. The SMILES string of the molecule is O=C(COC(=O)C1CCN(c2ccc(C(F)(F)F)cn2)CC1)Nc1cc(Cl)ccc1[N+](=O)[O-]. The van der Waals surface area contributed by atoms with Gasteiger partial charge in [-0.1, -0.05) is 11.6 Å². The highest BCUT2D eigenvalue weighted by Crippen LogP contribution is 2.30. The third kappa shape index (κ3) is 6.31. The first-order valence-electron chi connectivity index (χ1n) is 9.73. The highest BCUT2D eigenvalue weighted by Gasteiger charge is 2.32. The van der Waals surface area contributed by atoms with Crippen molar-refractivity contribution in [3.05, 3.63) is 57.2 Å². The molecule has 2 aromatic rings. The number of rotatable bonds is 6. The summed E-state index contributed by atoms with van der Waals surface area (Å²) in [6.45, 7) is 0.112. The van der Waals surface area contributed by atoms with E-state index in [-0.39, 0.29) is 16.4 Å². The number of anilines is 2. The van der Waals surface area contributed by atoms with Crippen LogP contribution in [0.2, 0.25) is 5.02 Å². The van der Waals surface area contributed by atoms with Crippen LogP contribution in [-0.2, 0) is 20.5 Å². The number of piperidine rings is 1. The van der Waals surface area contributed by atoms with Crippen LogP contribution in [0.5, 0.6) is 0 Å². The van der Waals surface area contributed by atoms with E-state index in [2.05, 4.69) is 10.3 Å². The molecule has 13 heteroatoms. The number of nitrogens with zero attached hydrogens (tertiary/aromatic N) is 3. The second-order valence-electron chi connectivity index (χ2n) is 7.24. The molecule has 0 radical (unpaired) electrons. The van der Waals surface area contributed by atoms with E-state index >= 15 is 0 Å². The number of nitro benzene ring substituents is 1. The Morgan fingerprint density at radius 1 is 1.24 bits per heavy atom. The topological polar surface area (TPSA) is 115 Å². The van der Waals surface area contributed by atoms with Crippen LogP contribution in [0, 0.1) is 16.0 Å². The number of alkyl halides is 3. The van der Waals surface area contributed by atoms with Crippen molar-refractivity contribution in [1.29, 1.82) is 0 Å². The summed E-state index contributed by atoms with van der Waals surface area (Å²) in [7, 11) is 0. The van der Waals surface area contributed by atoms with Crippen LogP contribution < -0.4 is 10.2 Å². The van der Waals surface area contributed by atoms with Gasteiger partial charge in [0.1, 0.15) is 11.5 Å². The van der Waals surface area contributed by atoms with Crippen molar-refractivity contribution >= 4 is 40.7 Å². The number of aromatic nitrogens is 1. The average molecular weight is 487 g/mol. The average Bonchev–Trinajstić information content (AvgIpc) is 2.77. The summed E-state index contributed by atoms with van der Waals surface area (Å²) < 4.78 is 43.0. The zero-order valence-corrected chi connectivity index (χ0v) is 17.7. The maximum atomic E-state index is 12.7. The van der Waals surface area contributed by atoms with Crippen molar-refractivity contribution in [3.8, 4) is 0 Å². The molecular weight excluding hydrogens is 469 g/mol. The largest absolute Gasteiger partial charge is 0.455 e. The molecule has 1 aliphatic heterocycles. The Kier molecular flexibility index (Phi) is 7.36. The number of hydrogen-bond acceptors (Lipinski definition) is 7. The Bertz CT molecular complexity index is 1040. The Morgan fingerprint density at radius 2 is 1.94 bits per heavy atom. The fourth-order valence-electron chi connectivity index (χ4n) is 3.29. The lowest BCUT2D eigenvalue weighted by Gasteiger charge is -2.31. The van der Waals surface area contributed by atoms with Gasteiger partial charge in [-0.15, -0.1) is 0 Å². The van der Waals surface area contributed by atoms with E-state index in [4.69, 9.17) is 16.3 Å².